The molecule has 0 saturated heterocycles. The fourth-order valence-corrected chi connectivity index (χ4v) is 2.07. The quantitative estimate of drug-likeness (QED) is 0.673. The third-order valence-electron chi connectivity index (χ3n) is 2.77. The molecule has 3 aromatic heterocycles. The van der Waals surface area contributed by atoms with E-state index in [2.05, 4.69) is 15.0 Å². The van der Waals surface area contributed by atoms with Gasteiger partial charge in [-0.05, 0) is 13.0 Å². The number of carbonyl (C=O) groups excluding carboxylic acids is 1. The topological polar surface area (TPSA) is 60.7 Å². The number of halogens is 1. The minimum absolute atomic E-state index is 0.488. The van der Waals surface area contributed by atoms with Gasteiger partial charge in [0, 0.05) is 23.3 Å². The molecule has 6 heteroatoms. The molecule has 0 radical (unpaired) electrons. The first kappa shape index (κ1) is 11.8. The van der Waals surface area contributed by atoms with E-state index in [0.717, 1.165) is 12.0 Å². The number of rotatable bonds is 2. The zero-order chi connectivity index (χ0) is 13.4. The Morgan fingerprint density at radius 1 is 1.21 bits per heavy atom. The summed E-state index contributed by atoms with van der Waals surface area (Å²) in [6.45, 7) is 1.87. The first-order valence-electron chi connectivity index (χ1n) is 5.60. The van der Waals surface area contributed by atoms with Crippen molar-refractivity contribution in [2.24, 2.45) is 0 Å². The predicted octanol–water partition coefficient (Wildman–Crippen LogP) is 2.59. The van der Waals surface area contributed by atoms with Crippen LogP contribution in [0.25, 0.3) is 16.9 Å². The highest BCUT2D eigenvalue weighted by Crippen LogP contribution is 2.26. The molecule has 0 amide bonds. The molecule has 3 rings (SSSR count). The molecule has 19 heavy (non-hydrogen) atoms. The summed E-state index contributed by atoms with van der Waals surface area (Å²) in [5, 5.41) is 1.24. The number of aryl methyl sites for hydroxylation is 1. The normalized spacial score (nSPS) is 10.8. The Hall–Kier alpha value is -2.27. The number of pyridine rings is 1. The van der Waals surface area contributed by atoms with Crippen LogP contribution in [0.3, 0.4) is 0 Å². The molecule has 94 valence electrons. The zero-order valence-corrected chi connectivity index (χ0v) is 10.8. The summed E-state index contributed by atoms with van der Waals surface area (Å²) >= 11 is 6.16. The molecule has 0 aromatic carbocycles. The average molecular weight is 273 g/mol. The van der Waals surface area contributed by atoms with Gasteiger partial charge in [0.2, 0.25) is 0 Å². The summed E-state index contributed by atoms with van der Waals surface area (Å²) in [6, 6.07) is 1.70. The summed E-state index contributed by atoms with van der Waals surface area (Å²) in [5.74, 6) is 0.633. The summed E-state index contributed by atoms with van der Waals surface area (Å²) in [5.41, 5.74) is 1.97. The van der Waals surface area contributed by atoms with Gasteiger partial charge in [0.25, 0.3) is 0 Å². The molecular weight excluding hydrogens is 264 g/mol. The van der Waals surface area contributed by atoms with E-state index in [1.807, 2.05) is 6.92 Å². The van der Waals surface area contributed by atoms with E-state index in [4.69, 9.17) is 11.6 Å². The zero-order valence-electron chi connectivity index (χ0n) is 10.0. The van der Waals surface area contributed by atoms with Crippen LogP contribution < -0.4 is 0 Å². The number of aromatic nitrogens is 4. The van der Waals surface area contributed by atoms with Crippen molar-refractivity contribution < 1.29 is 4.79 Å². The van der Waals surface area contributed by atoms with Gasteiger partial charge in [-0.3, -0.25) is 14.3 Å². The molecular formula is C13H9ClN4O. The van der Waals surface area contributed by atoms with Crippen molar-refractivity contribution in [2.45, 2.75) is 6.92 Å². The van der Waals surface area contributed by atoms with Gasteiger partial charge in [0.1, 0.15) is 5.65 Å². The Morgan fingerprint density at radius 3 is 2.74 bits per heavy atom. The van der Waals surface area contributed by atoms with Crippen molar-refractivity contribution >= 4 is 28.9 Å². The third-order valence-corrected chi connectivity index (χ3v) is 3.07. The lowest BCUT2D eigenvalue weighted by Crippen LogP contribution is -1.98. The van der Waals surface area contributed by atoms with Gasteiger partial charge < -0.3 is 0 Å². The van der Waals surface area contributed by atoms with Crippen molar-refractivity contribution in [1.82, 2.24) is 19.5 Å². The van der Waals surface area contributed by atoms with Crippen LogP contribution in [0.15, 0.2) is 30.9 Å². The first-order chi connectivity index (χ1) is 9.19. The van der Waals surface area contributed by atoms with Crippen LogP contribution in [0.2, 0.25) is 5.02 Å². The van der Waals surface area contributed by atoms with E-state index >= 15 is 0 Å². The molecule has 0 spiro atoms. The molecule has 0 N–H and O–H groups in total. The van der Waals surface area contributed by atoms with Crippen LogP contribution in [0.1, 0.15) is 16.1 Å². The minimum Gasteiger partial charge on any atom is -0.298 e. The Balaban J connectivity index is 2.25. The van der Waals surface area contributed by atoms with Crippen LogP contribution in [0, 0.1) is 6.92 Å². The fraction of sp³-hybridized carbons (Fsp3) is 0.0769. The lowest BCUT2D eigenvalue weighted by molar-refractivity contribution is 0.112. The van der Waals surface area contributed by atoms with E-state index in [-0.39, 0.29) is 0 Å². The van der Waals surface area contributed by atoms with Crippen molar-refractivity contribution in [3.63, 3.8) is 0 Å². The molecule has 0 fully saturated rings. The number of hydrogen-bond donors (Lipinski definition) is 0. The van der Waals surface area contributed by atoms with Crippen LogP contribution in [0.4, 0.5) is 0 Å². The number of carbonyl (C=O) groups is 1. The van der Waals surface area contributed by atoms with E-state index in [1.54, 1.807) is 29.2 Å². The Kier molecular flexibility index (Phi) is 2.76. The highest BCUT2D eigenvalue weighted by Gasteiger charge is 2.11. The maximum absolute atomic E-state index is 10.8. The van der Waals surface area contributed by atoms with E-state index < -0.39 is 0 Å². The number of aldehydes is 1. The molecule has 3 heterocycles. The first-order valence-corrected chi connectivity index (χ1v) is 5.97. The summed E-state index contributed by atoms with van der Waals surface area (Å²) < 4.78 is 1.75. The highest BCUT2D eigenvalue weighted by molar-refractivity contribution is 6.35. The smallest absolute Gasteiger partial charge is 0.156 e. The molecule has 0 saturated carbocycles. The molecule has 0 unspecified atom stereocenters. The third kappa shape index (κ3) is 1.98. The fourth-order valence-electron chi connectivity index (χ4n) is 1.83. The van der Waals surface area contributed by atoms with Gasteiger partial charge in [-0.15, -0.1) is 0 Å². The molecule has 0 atom stereocenters. The van der Waals surface area contributed by atoms with E-state index in [1.165, 1.54) is 6.20 Å². The molecule has 3 aromatic rings. The Morgan fingerprint density at radius 2 is 2.05 bits per heavy atom. The highest BCUT2D eigenvalue weighted by atomic mass is 35.5. The lowest BCUT2D eigenvalue weighted by atomic mass is 10.2. The number of fused-ring (bicyclic) bond motifs is 1. The Bertz CT molecular complexity index is 764. The van der Waals surface area contributed by atoms with Crippen molar-refractivity contribution in [1.29, 1.82) is 0 Å². The molecule has 0 bridgehead atoms. The summed E-state index contributed by atoms with van der Waals surface area (Å²) in [6.07, 6.45) is 7.29. The monoisotopic (exact) mass is 272 g/mol. The standard InChI is InChI=1S/C13H9ClN4O/c1-8-3-16-12(5-15-8)18-6-11(14)10-2-9(7-19)4-17-13(10)18/h2-7H,1H3. The molecule has 0 aliphatic carbocycles. The SMILES string of the molecule is Cc1cnc(-n2cc(Cl)c3cc(C=O)cnc32)cn1. The predicted molar refractivity (Wildman–Crippen MR) is 71.8 cm³/mol. The van der Waals surface area contributed by atoms with Crippen LogP contribution in [-0.2, 0) is 0 Å². The Labute approximate surface area is 113 Å². The summed E-state index contributed by atoms with van der Waals surface area (Å²) in [4.78, 5) is 23.5. The second-order valence-electron chi connectivity index (χ2n) is 4.12. The van der Waals surface area contributed by atoms with Crippen LogP contribution >= 0.6 is 11.6 Å². The summed E-state index contributed by atoms with van der Waals surface area (Å²) in [7, 11) is 0. The molecule has 0 aliphatic heterocycles. The minimum atomic E-state index is 0.488. The van der Waals surface area contributed by atoms with Gasteiger partial charge in [-0.2, -0.15) is 0 Å². The second-order valence-corrected chi connectivity index (χ2v) is 4.53. The largest absolute Gasteiger partial charge is 0.298 e. The molecule has 0 aliphatic rings. The van der Waals surface area contributed by atoms with E-state index in [0.29, 0.717) is 27.4 Å². The molecule has 5 nitrogen and oxygen atoms in total. The second kappa shape index (κ2) is 4.44. The van der Waals surface area contributed by atoms with Gasteiger partial charge in [0.15, 0.2) is 12.1 Å². The average Bonchev–Trinajstić information content (AvgIpc) is 2.76. The number of hydrogen-bond acceptors (Lipinski definition) is 4. The maximum atomic E-state index is 10.8. The van der Waals surface area contributed by atoms with E-state index in [9.17, 15) is 4.79 Å². The van der Waals surface area contributed by atoms with Crippen molar-refractivity contribution in [3.05, 3.63) is 47.1 Å². The van der Waals surface area contributed by atoms with Crippen molar-refractivity contribution in [2.75, 3.05) is 0 Å². The lowest BCUT2D eigenvalue weighted by Gasteiger charge is -2.03. The van der Waals surface area contributed by atoms with Gasteiger partial charge in [-0.25, -0.2) is 9.97 Å². The van der Waals surface area contributed by atoms with Gasteiger partial charge >= 0.3 is 0 Å². The van der Waals surface area contributed by atoms with Gasteiger partial charge in [0.05, 0.1) is 23.1 Å². The van der Waals surface area contributed by atoms with Crippen LogP contribution in [-0.4, -0.2) is 25.8 Å². The maximum Gasteiger partial charge on any atom is 0.156 e. The van der Waals surface area contributed by atoms with Gasteiger partial charge in [-0.1, -0.05) is 11.6 Å². The van der Waals surface area contributed by atoms with Crippen LogP contribution in [0.5, 0.6) is 0 Å². The van der Waals surface area contributed by atoms with Crippen molar-refractivity contribution in [3.8, 4) is 5.82 Å². The number of nitrogens with zero attached hydrogens (tertiary/aromatic N) is 4.